The third-order valence-corrected chi connectivity index (χ3v) is 2.40. The van der Waals surface area contributed by atoms with E-state index in [9.17, 15) is 14.4 Å². The Bertz CT molecular complexity index is 285. The van der Waals surface area contributed by atoms with Crippen LogP contribution in [0.3, 0.4) is 0 Å². The van der Waals surface area contributed by atoms with Gasteiger partial charge in [-0.25, -0.2) is 4.79 Å². The van der Waals surface area contributed by atoms with Gasteiger partial charge >= 0.3 is 5.97 Å². The van der Waals surface area contributed by atoms with Gasteiger partial charge in [0.15, 0.2) is 0 Å². The molecule has 0 saturated carbocycles. The summed E-state index contributed by atoms with van der Waals surface area (Å²) in [6.07, 6.45) is 0. The first kappa shape index (κ1) is 15.1. The van der Waals surface area contributed by atoms with Crippen molar-refractivity contribution in [3.8, 4) is 0 Å². The largest absolute Gasteiger partial charge is 0.480 e. The van der Waals surface area contributed by atoms with E-state index in [1.54, 1.807) is 0 Å². The highest BCUT2D eigenvalue weighted by Crippen LogP contribution is 1.93. The van der Waals surface area contributed by atoms with E-state index in [1.807, 2.05) is 0 Å². The number of hydrogen-bond donors (Lipinski definition) is 5. The number of rotatable bonds is 6. The van der Waals surface area contributed by atoms with E-state index in [1.165, 1.54) is 6.92 Å². The number of hydrogen-bond acceptors (Lipinski definition) is 5. The average molecular weight is 266 g/mol. The molecule has 0 aromatic heterocycles. The lowest BCUT2D eigenvalue weighted by molar-refractivity contribution is -0.141. The fourth-order valence-electron chi connectivity index (χ4n) is 0.897. The molecule has 2 atom stereocenters. The Hall–Kier alpha value is -0.890. The lowest BCUT2D eigenvalue weighted by atomic mass is 10.2. The summed E-state index contributed by atoms with van der Waals surface area (Å²) < 4.78 is 0. The SMILES string of the molecule is CC(=O)N[C@@H](CS)C(=O)N[C@@H](CS)C(=O)O. The zero-order valence-corrected chi connectivity index (χ0v) is 10.4. The van der Waals surface area contributed by atoms with Crippen LogP contribution in [0.25, 0.3) is 0 Å². The van der Waals surface area contributed by atoms with Crippen molar-refractivity contribution in [2.45, 2.75) is 19.0 Å². The zero-order valence-electron chi connectivity index (χ0n) is 8.64. The number of thiol groups is 2. The van der Waals surface area contributed by atoms with Crippen LogP contribution in [0.2, 0.25) is 0 Å². The van der Waals surface area contributed by atoms with Gasteiger partial charge in [0.2, 0.25) is 11.8 Å². The van der Waals surface area contributed by atoms with E-state index in [-0.39, 0.29) is 17.4 Å². The topological polar surface area (TPSA) is 95.5 Å². The summed E-state index contributed by atoms with van der Waals surface area (Å²) in [5, 5.41) is 13.3. The van der Waals surface area contributed by atoms with Crippen LogP contribution in [0.15, 0.2) is 0 Å². The van der Waals surface area contributed by atoms with Gasteiger partial charge in [0.1, 0.15) is 12.1 Å². The van der Waals surface area contributed by atoms with Crippen LogP contribution >= 0.6 is 25.3 Å². The van der Waals surface area contributed by atoms with Crippen LogP contribution in [-0.2, 0) is 14.4 Å². The van der Waals surface area contributed by atoms with Gasteiger partial charge in [0, 0.05) is 18.4 Å². The van der Waals surface area contributed by atoms with Gasteiger partial charge in [0.05, 0.1) is 0 Å². The molecule has 3 N–H and O–H groups in total. The van der Waals surface area contributed by atoms with Crippen molar-refractivity contribution in [1.29, 1.82) is 0 Å². The molecule has 0 heterocycles. The second-order valence-electron chi connectivity index (χ2n) is 3.02. The monoisotopic (exact) mass is 266 g/mol. The van der Waals surface area contributed by atoms with Gasteiger partial charge in [-0.1, -0.05) is 0 Å². The van der Waals surface area contributed by atoms with Gasteiger partial charge in [-0.2, -0.15) is 25.3 Å². The first-order chi connectivity index (χ1) is 7.42. The van der Waals surface area contributed by atoms with E-state index >= 15 is 0 Å². The average Bonchev–Trinajstić information content (AvgIpc) is 2.21. The summed E-state index contributed by atoms with van der Waals surface area (Å²) in [6, 6.07) is -1.92. The first-order valence-electron chi connectivity index (χ1n) is 4.44. The predicted octanol–water partition coefficient (Wildman–Crippen LogP) is -1.08. The minimum atomic E-state index is -1.18. The second-order valence-corrected chi connectivity index (χ2v) is 3.75. The number of carbonyl (C=O) groups is 3. The minimum Gasteiger partial charge on any atom is -0.480 e. The van der Waals surface area contributed by atoms with E-state index in [4.69, 9.17) is 5.11 Å². The smallest absolute Gasteiger partial charge is 0.327 e. The van der Waals surface area contributed by atoms with Crippen molar-refractivity contribution in [1.82, 2.24) is 10.6 Å². The number of nitrogens with one attached hydrogen (secondary N) is 2. The zero-order chi connectivity index (χ0) is 12.7. The third-order valence-electron chi connectivity index (χ3n) is 1.67. The Kier molecular flexibility index (Phi) is 6.98. The van der Waals surface area contributed by atoms with Crippen LogP contribution in [-0.4, -0.2) is 46.5 Å². The lowest BCUT2D eigenvalue weighted by Gasteiger charge is -2.18. The Morgan fingerprint density at radius 3 is 1.94 bits per heavy atom. The summed E-state index contributed by atoms with van der Waals surface area (Å²) in [5.74, 6) is -2.09. The maximum absolute atomic E-state index is 11.5. The number of carboxylic acids is 1. The summed E-state index contributed by atoms with van der Waals surface area (Å²) >= 11 is 7.69. The normalized spacial score (nSPS) is 13.7. The number of amides is 2. The molecular weight excluding hydrogens is 252 g/mol. The van der Waals surface area contributed by atoms with Crippen molar-refractivity contribution < 1.29 is 19.5 Å². The molecule has 92 valence electrons. The second kappa shape index (κ2) is 7.39. The van der Waals surface area contributed by atoms with Crippen molar-refractivity contribution >= 4 is 43.0 Å². The molecule has 0 bridgehead atoms. The molecule has 6 nitrogen and oxygen atoms in total. The van der Waals surface area contributed by atoms with Gasteiger partial charge < -0.3 is 15.7 Å². The Labute approximate surface area is 104 Å². The molecule has 2 amide bonds. The molecular formula is C8H14N2O4S2. The van der Waals surface area contributed by atoms with E-state index < -0.39 is 24.0 Å². The molecule has 0 unspecified atom stereocenters. The molecule has 16 heavy (non-hydrogen) atoms. The molecule has 0 aromatic rings. The Morgan fingerprint density at radius 1 is 1.12 bits per heavy atom. The molecule has 0 aliphatic carbocycles. The number of carbonyl (C=O) groups excluding carboxylic acids is 2. The fraction of sp³-hybridized carbons (Fsp3) is 0.625. The van der Waals surface area contributed by atoms with Crippen LogP contribution in [0, 0.1) is 0 Å². The summed E-state index contributed by atoms with van der Waals surface area (Å²) in [5.41, 5.74) is 0. The lowest BCUT2D eigenvalue weighted by Crippen LogP contribution is -2.52. The molecule has 0 saturated heterocycles. The van der Waals surface area contributed by atoms with Crippen LogP contribution in [0.4, 0.5) is 0 Å². The fourth-order valence-corrected chi connectivity index (χ4v) is 1.40. The number of aliphatic carboxylic acids is 1. The maximum Gasteiger partial charge on any atom is 0.327 e. The predicted molar refractivity (Wildman–Crippen MR) is 64.9 cm³/mol. The molecule has 0 aliphatic heterocycles. The van der Waals surface area contributed by atoms with Crippen molar-refractivity contribution in [3.63, 3.8) is 0 Å². The van der Waals surface area contributed by atoms with Crippen molar-refractivity contribution in [2.75, 3.05) is 11.5 Å². The Balaban J connectivity index is 4.40. The van der Waals surface area contributed by atoms with Crippen molar-refractivity contribution in [3.05, 3.63) is 0 Å². The highest BCUT2D eigenvalue weighted by atomic mass is 32.1. The molecule has 0 spiro atoms. The van der Waals surface area contributed by atoms with E-state index in [2.05, 4.69) is 35.9 Å². The molecule has 0 aromatic carbocycles. The molecule has 0 aliphatic rings. The number of carboxylic acid groups (broad SMARTS) is 1. The quantitative estimate of drug-likeness (QED) is 0.395. The van der Waals surface area contributed by atoms with Crippen LogP contribution in [0.1, 0.15) is 6.92 Å². The summed E-state index contributed by atoms with van der Waals surface area (Å²) in [6.45, 7) is 1.26. The highest BCUT2D eigenvalue weighted by Gasteiger charge is 2.23. The molecule has 8 heteroatoms. The van der Waals surface area contributed by atoms with Gasteiger partial charge in [-0.3, -0.25) is 9.59 Å². The van der Waals surface area contributed by atoms with Gasteiger partial charge in [-0.15, -0.1) is 0 Å². The third kappa shape index (κ3) is 5.26. The van der Waals surface area contributed by atoms with Crippen LogP contribution < -0.4 is 10.6 Å². The summed E-state index contributed by atoms with van der Waals surface area (Å²) in [7, 11) is 0. The first-order valence-corrected chi connectivity index (χ1v) is 5.70. The summed E-state index contributed by atoms with van der Waals surface area (Å²) in [4.78, 5) is 32.9. The standard InChI is InChI=1S/C8H14N2O4S2/c1-4(11)9-5(2-15)7(12)10-6(3-16)8(13)14/h5-6,15-16H,2-3H2,1H3,(H,9,11)(H,10,12)(H,13,14)/t5-,6-/m0/s1. The van der Waals surface area contributed by atoms with Gasteiger partial charge in [-0.05, 0) is 0 Å². The van der Waals surface area contributed by atoms with Crippen LogP contribution in [0.5, 0.6) is 0 Å². The van der Waals surface area contributed by atoms with E-state index in [0.29, 0.717) is 0 Å². The molecule has 0 radical (unpaired) electrons. The highest BCUT2D eigenvalue weighted by molar-refractivity contribution is 7.80. The van der Waals surface area contributed by atoms with E-state index in [0.717, 1.165) is 0 Å². The maximum atomic E-state index is 11.5. The molecule has 0 fully saturated rings. The van der Waals surface area contributed by atoms with Crippen molar-refractivity contribution in [2.24, 2.45) is 0 Å². The minimum absolute atomic E-state index is 0.0273. The molecule has 0 rings (SSSR count). The Morgan fingerprint density at radius 2 is 1.62 bits per heavy atom. The van der Waals surface area contributed by atoms with Gasteiger partial charge in [0.25, 0.3) is 0 Å².